The smallest absolute Gasteiger partial charge is 0.119 e. The van der Waals surface area contributed by atoms with Crippen LogP contribution < -0.4 is 0 Å². The fourth-order valence-electron chi connectivity index (χ4n) is 0.902. The maximum absolute atomic E-state index is 9.33. The molecule has 0 radical (unpaired) electrons. The summed E-state index contributed by atoms with van der Waals surface area (Å²) in [6.07, 6.45) is 0.438. The Morgan fingerprint density at radius 2 is 2.17 bits per heavy atom. The van der Waals surface area contributed by atoms with Crippen molar-refractivity contribution < 1.29 is 5.11 Å². The van der Waals surface area contributed by atoms with E-state index in [0.717, 1.165) is 0 Å². The molecule has 12 heavy (non-hydrogen) atoms. The van der Waals surface area contributed by atoms with Gasteiger partial charge in [-0.2, -0.15) is 0 Å². The van der Waals surface area contributed by atoms with E-state index in [1.165, 1.54) is 6.07 Å². The van der Waals surface area contributed by atoms with Gasteiger partial charge in [-0.15, -0.1) is 0 Å². The van der Waals surface area contributed by atoms with Crippen molar-refractivity contribution in [3.05, 3.63) is 40.4 Å². The summed E-state index contributed by atoms with van der Waals surface area (Å²) >= 11 is 11.3. The van der Waals surface area contributed by atoms with Crippen LogP contribution in [-0.2, 0) is 6.42 Å². The highest BCUT2D eigenvalue weighted by Crippen LogP contribution is 2.24. The molecule has 0 bridgehead atoms. The van der Waals surface area contributed by atoms with Crippen LogP contribution in [0.5, 0.6) is 5.75 Å². The molecule has 0 aliphatic carbocycles. The van der Waals surface area contributed by atoms with Crippen LogP contribution in [0.25, 0.3) is 0 Å². The molecular formula is C9H8Cl2O. The number of hydrogen-bond donors (Lipinski definition) is 1. The topological polar surface area (TPSA) is 20.2 Å². The van der Waals surface area contributed by atoms with Gasteiger partial charge in [0.25, 0.3) is 0 Å². The Bertz CT molecular complexity index is 307. The van der Waals surface area contributed by atoms with Gasteiger partial charge in [-0.1, -0.05) is 29.8 Å². The fourth-order valence-corrected chi connectivity index (χ4v) is 1.24. The van der Waals surface area contributed by atoms with Crippen LogP contribution in [0.2, 0.25) is 5.02 Å². The van der Waals surface area contributed by atoms with E-state index >= 15 is 0 Å². The zero-order valence-corrected chi connectivity index (χ0v) is 7.86. The molecule has 0 aromatic heterocycles. The summed E-state index contributed by atoms with van der Waals surface area (Å²) in [5.41, 5.74) is 0.697. The van der Waals surface area contributed by atoms with Gasteiger partial charge in [-0.05, 0) is 18.2 Å². The third-order valence-electron chi connectivity index (χ3n) is 1.42. The van der Waals surface area contributed by atoms with Gasteiger partial charge in [-0.3, -0.25) is 0 Å². The van der Waals surface area contributed by atoms with E-state index in [2.05, 4.69) is 6.58 Å². The van der Waals surface area contributed by atoms with Crippen LogP contribution in [-0.4, -0.2) is 5.11 Å². The molecule has 0 fully saturated rings. The minimum atomic E-state index is 0.196. The standard InChI is InChI=1S/C9H8Cl2O/c1-6(10)4-7-5-8(11)2-3-9(7)12/h2-3,5,12H,1,4H2. The monoisotopic (exact) mass is 202 g/mol. The fraction of sp³-hybridized carbons (Fsp3) is 0.111. The summed E-state index contributed by atoms with van der Waals surface area (Å²) in [4.78, 5) is 0. The van der Waals surface area contributed by atoms with Crippen molar-refractivity contribution in [3.63, 3.8) is 0 Å². The molecule has 0 spiro atoms. The minimum Gasteiger partial charge on any atom is -0.508 e. The molecule has 64 valence electrons. The molecule has 1 nitrogen and oxygen atoms in total. The third-order valence-corrected chi connectivity index (χ3v) is 1.79. The van der Waals surface area contributed by atoms with Crippen molar-refractivity contribution in [2.75, 3.05) is 0 Å². The summed E-state index contributed by atoms with van der Waals surface area (Å²) < 4.78 is 0. The van der Waals surface area contributed by atoms with Crippen LogP contribution >= 0.6 is 23.2 Å². The van der Waals surface area contributed by atoms with E-state index in [-0.39, 0.29) is 5.75 Å². The van der Waals surface area contributed by atoms with Crippen molar-refractivity contribution in [1.82, 2.24) is 0 Å². The van der Waals surface area contributed by atoms with Gasteiger partial charge in [-0.25, -0.2) is 0 Å². The van der Waals surface area contributed by atoms with Crippen LogP contribution in [0.4, 0.5) is 0 Å². The number of benzene rings is 1. The Labute approximate surface area is 81.2 Å². The number of rotatable bonds is 2. The molecule has 0 aliphatic heterocycles. The molecule has 0 atom stereocenters. The Morgan fingerprint density at radius 3 is 2.75 bits per heavy atom. The zero-order chi connectivity index (χ0) is 9.14. The van der Waals surface area contributed by atoms with Gasteiger partial charge in [0.2, 0.25) is 0 Å². The van der Waals surface area contributed by atoms with E-state index in [0.29, 0.717) is 22.0 Å². The molecule has 0 amide bonds. The quantitative estimate of drug-likeness (QED) is 0.781. The van der Waals surface area contributed by atoms with Crippen molar-refractivity contribution in [1.29, 1.82) is 0 Å². The molecule has 0 saturated heterocycles. The summed E-state index contributed by atoms with van der Waals surface area (Å²) in [6.45, 7) is 3.53. The SMILES string of the molecule is C=C(Cl)Cc1cc(Cl)ccc1O. The Balaban J connectivity index is 2.97. The van der Waals surface area contributed by atoms with Crippen molar-refractivity contribution in [2.45, 2.75) is 6.42 Å². The number of phenolic OH excluding ortho intramolecular Hbond substituents is 1. The first kappa shape index (κ1) is 9.43. The van der Waals surface area contributed by atoms with Gasteiger partial charge in [0.05, 0.1) is 0 Å². The summed E-state index contributed by atoms with van der Waals surface area (Å²) in [5, 5.41) is 10.4. The lowest BCUT2D eigenvalue weighted by atomic mass is 10.1. The lowest BCUT2D eigenvalue weighted by Crippen LogP contribution is -1.84. The number of hydrogen-bond acceptors (Lipinski definition) is 1. The van der Waals surface area contributed by atoms with E-state index < -0.39 is 0 Å². The maximum Gasteiger partial charge on any atom is 0.119 e. The number of allylic oxidation sites excluding steroid dienone is 1. The van der Waals surface area contributed by atoms with E-state index in [9.17, 15) is 5.11 Å². The van der Waals surface area contributed by atoms with E-state index in [1.54, 1.807) is 12.1 Å². The van der Waals surface area contributed by atoms with Crippen LogP contribution in [0.15, 0.2) is 29.8 Å². The Kier molecular flexibility index (Phi) is 3.01. The first-order chi connectivity index (χ1) is 5.59. The third kappa shape index (κ3) is 2.43. The molecule has 1 aromatic carbocycles. The highest BCUT2D eigenvalue weighted by Gasteiger charge is 2.02. The second-order valence-corrected chi connectivity index (χ2v) is 3.44. The highest BCUT2D eigenvalue weighted by atomic mass is 35.5. The molecule has 1 aromatic rings. The Hall–Kier alpha value is -0.660. The average Bonchev–Trinajstić information content (AvgIpc) is 1.96. The molecule has 3 heteroatoms. The lowest BCUT2D eigenvalue weighted by molar-refractivity contribution is 0.469. The van der Waals surface area contributed by atoms with Gasteiger partial charge >= 0.3 is 0 Å². The number of halogens is 2. The summed E-state index contributed by atoms with van der Waals surface area (Å²) in [5.74, 6) is 0.196. The highest BCUT2D eigenvalue weighted by molar-refractivity contribution is 6.31. The Morgan fingerprint density at radius 1 is 1.50 bits per heavy atom. The normalized spacial score (nSPS) is 9.83. The molecule has 0 aliphatic rings. The zero-order valence-electron chi connectivity index (χ0n) is 6.35. The second-order valence-electron chi connectivity index (χ2n) is 2.47. The van der Waals surface area contributed by atoms with Crippen molar-refractivity contribution in [3.8, 4) is 5.75 Å². The van der Waals surface area contributed by atoms with Gasteiger partial charge < -0.3 is 5.11 Å². The summed E-state index contributed by atoms with van der Waals surface area (Å²) in [7, 11) is 0. The van der Waals surface area contributed by atoms with E-state index in [1.807, 2.05) is 0 Å². The predicted octanol–water partition coefficient (Wildman–Crippen LogP) is 3.34. The minimum absolute atomic E-state index is 0.196. The molecule has 1 N–H and O–H groups in total. The second kappa shape index (κ2) is 3.83. The maximum atomic E-state index is 9.33. The molecular weight excluding hydrogens is 195 g/mol. The number of phenols is 1. The predicted molar refractivity (Wildman–Crippen MR) is 51.8 cm³/mol. The van der Waals surface area contributed by atoms with Crippen LogP contribution in [0, 0.1) is 0 Å². The van der Waals surface area contributed by atoms with Gasteiger partial charge in [0.1, 0.15) is 5.75 Å². The van der Waals surface area contributed by atoms with Crippen LogP contribution in [0.3, 0.4) is 0 Å². The largest absolute Gasteiger partial charge is 0.508 e. The van der Waals surface area contributed by atoms with E-state index in [4.69, 9.17) is 23.2 Å². The van der Waals surface area contributed by atoms with Gasteiger partial charge in [0.15, 0.2) is 0 Å². The average molecular weight is 203 g/mol. The molecule has 0 saturated carbocycles. The van der Waals surface area contributed by atoms with Crippen molar-refractivity contribution >= 4 is 23.2 Å². The van der Waals surface area contributed by atoms with Crippen molar-refractivity contribution in [2.24, 2.45) is 0 Å². The molecule has 0 unspecified atom stereocenters. The van der Waals surface area contributed by atoms with Crippen LogP contribution in [0.1, 0.15) is 5.56 Å². The van der Waals surface area contributed by atoms with Gasteiger partial charge in [0, 0.05) is 22.0 Å². The molecule has 1 rings (SSSR count). The number of aromatic hydroxyl groups is 1. The first-order valence-electron chi connectivity index (χ1n) is 3.40. The lowest BCUT2D eigenvalue weighted by Gasteiger charge is -2.02. The molecule has 0 heterocycles. The first-order valence-corrected chi connectivity index (χ1v) is 4.16. The summed E-state index contributed by atoms with van der Waals surface area (Å²) in [6, 6.07) is 4.83.